The molecule has 0 aromatic heterocycles. The molecule has 2 aromatic rings. The quantitative estimate of drug-likeness (QED) is 0.877. The summed E-state index contributed by atoms with van der Waals surface area (Å²) < 4.78 is 0. The Morgan fingerprint density at radius 3 is 2.15 bits per heavy atom. The molecule has 1 aliphatic carbocycles. The van der Waals surface area contributed by atoms with Crippen LogP contribution in [-0.4, -0.2) is 29.8 Å². The van der Waals surface area contributed by atoms with Crippen molar-refractivity contribution in [1.29, 1.82) is 0 Å². The van der Waals surface area contributed by atoms with Crippen LogP contribution in [-0.2, 0) is 12.8 Å². The Morgan fingerprint density at radius 1 is 0.741 bits per heavy atom. The minimum absolute atomic E-state index is 0.0854. The SMILES string of the molecule is O=C(Nc1ccc(C(=O)N2CCCCC2)cc1)c1ccc2c(c1)CCCC2. The van der Waals surface area contributed by atoms with Crippen LogP contribution in [0.1, 0.15) is 63.9 Å². The van der Waals surface area contributed by atoms with Crippen LogP contribution in [0.4, 0.5) is 5.69 Å². The molecule has 2 aromatic carbocycles. The third kappa shape index (κ3) is 4.05. The van der Waals surface area contributed by atoms with E-state index in [-0.39, 0.29) is 11.8 Å². The van der Waals surface area contributed by atoms with Gasteiger partial charge in [-0.25, -0.2) is 0 Å². The van der Waals surface area contributed by atoms with E-state index in [1.807, 2.05) is 29.2 Å². The molecule has 1 aliphatic heterocycles. The maximum absolute atomic E-state index is 12.6. The zero-order chi connectivity index (χ0) is 18.6. The van der Waals surface area contributed by atoms with E-state index in [1.165, 1.54) is 30.4 Å². The molecule has 0 radical (unpaired) electrons. The second kappa shape index (κ2) is 7.95. The number of likely N-dealkylation sites (tertiary alicyclic amines) is 1. The van der Waals surface area contributed by atoms with Crippen LogP contribution in [0.15, 0.2) is 42.5 Å². The molecule has 2 amide bonds. The van der Waals surface area contributed by atoms with Crippen molar-refractivity contribution in [3.05, 3.63) is 64.7 Å². The highest BCUT2D eigenvalue weighted by Crippen LogP contribution is 2.23. The van der Waals surface area contributed by atoms with Crippen LogP contribution in [0.5, 0.6) is 0 Å². The third-order valence-electron chi connectivity index (χ3n) is 5.64. The van der Waals surface area contributed by atoms with E-state index in [9.17, 15) is 9.59 Å². The number of amides is 2. The summed E-state index contributed by atoms with van der Waals surface area (Å²) in [4.78, 5) is 27.0. The minimum atomic E-state index is -0.0986. The lowest BCUT2D eigenvalue weighted by Gasteiger charge is -2.26. The van der Waals surface area contributed by atoms with E-state index in [4.69, 9.17) is 0 Å². The first kappa shape index (κ1) is 17.8. The second-order valence-corrected chi connectivity index (χ2v) is 7.57. The van der Waals surface area contributed by atoms with E-state index in [2.05, 4.69) is 11.4 Å². The average Bonchev–Trinajstić information content (AvgIpc) is 2.74. The number of rotatable bonds is 3. The van der Waals surface area contributed by atoms with Crippen LogP contribution in [0, 0.1) is 0 Å². The molecule has 1 fully saturated rings. The molecule has 1 heterocycles. The Bertz CT molecular complexity index is 836. The van der Waals surface area contributed by atoms with Gasteiger partial charge in [-0.2, -0.15) is 0 Å². The number of nitrogens with zero attached hydrogens (tertiary/aromatic N) is 1. The van der Waals surface area contributed by atoms with Crippen LogP contribution in [0.3, 0.4) is 0 Å². The van der Waals surface area contributed by atoms with Gasteiger partial charge in [0.15, 0.2) is 0 Å². The Morgan fingerprint density at radius 2 is 1.41 bits per heavy atom. The molecule has 0 atom stereocenters. The highest BCUT2D eigenvalue weighted by Gasteiger charge is 2.18. The monoisotopic (exact) mass is 362 g/mol. The molecular weight excluding hydrogens is 336 g/mol. The Kier molecular flexibility index (Phi) is 5.23. The number of piperidine rings is 1. The Balaban J connectivity index is 1.42. The second-order valence-electron chi connectivity index (χ2n) is 7.57. The van der Waals surface area contributed by atoms with Gasteiger partial charge in [0.1, 0.15) is 0 Å². The zero-order valence-corrected chi connectivity index (χ0v) is 15.7. The van der Waals surface area contributed by atoms with Gasteiger partial charge in [0.2, 0.25) is 0 Å². The molecule has 1 N–H and O–H groups in total. The molecule has 0 unspecified atom stereocenters. The van der Waals surface area contributed by atoms with E-state index >= 15 is 0 Å². The molecule has 4 nitrogen and oxygen atoms in total. The first-order valence-corrected chi connectivity index (χ1v) is 10.0. The predicted octanol–water partition coefficient (Wildman–Crippen LogP) is 4.44. The first-order valence-electron chi connectivity index (χ1n) is 10.0. The van der Waals surface area contributed by atoms with Gasteiger partial charge >= 0.3 is 0 Å². The van der Waals surface area contributed by atoms with Gasteiger partial charge in [-0.05, 0) is 92.5 Å². The molecular formula is C23H26N2O2. The molecule has 0 spiro atoms. The molecule has 4 heteroatoms. The Labute approximate surface area is 160 Å². The van der Waals surface area contributed by atoms with E-state index < -0.39 is 0 Å². The number of benzene rings is 2. The van der Waals surface area contributed by atoms with Gasteiger partial charge in [-0.1, -0.05) is 6.07 Å². The fourth-order valence-electron chi connectivity index (χ4n) is 4.05. The van der Waals surface area contributed by atoms with Gasteiger partial charge in [-0.15, -0.1) is 0 Å². The smallest absolute Gasteiger partial charge is 0.255 e. The van der Waals surface area contributed by atoms with E-state index in [0.717, 1.165) is 38.8 Å². The fourth-order valence-corrected chi connectivity index (χ4v) is 4.05. The van der Waals surface area contributed by atoms with E-state index in [1.54, 1.807) is 12.1 Å². The number of carbonyl (C=O) groups is 2. The molecule has 2 aliphatic rings. The number of aryl methyl sites for hydroxylation is 2. The predicted molar refractivity (Wildman–Crippen MR) is 107 cm³/mol. The summed E-state index contributed by atoms with van der Waals surface area (Å²) in [5.74, 6) is -0.0132. The lowest BCUT2D eigenvalue weighted by Crippen LogP contribution is -2.35. The van der Waals surface area contributed by atoms with Crippen molar-refractivity contribution in [3.63, 3.8) is 0 Å². The van der Waals surface area contributed by atoms with Crippen LogP contribution >= 0.6 is 0 Å². The highest BCUT2D eigenvalue weighted by molar-refractivity contribution is 6.04. The number of hydrogen-bond acceptors (Lipinski definition) is 2. The molecule has 27 heavy (non-hydrogen) atoms. The van der Waals surface area contributed by atoms with Crippen molar-refractivity contribution in [1.82, 2.24) is 4.90 Å². The number of fused-ring (bicyclic) bond motifs is 1. The van der Waals surface area contributed by atoms with Crippen molar-refractivity contribution in [2.45, 2.75) is 44.9 Å². The average molecular weight is 362 g/mol. The van der Waals surface area contributed by atoms with Gasteiger partial charge in [0.05, 0.1) is 0 Å². The Hall–Kier alpha value is -2.62. The molecule has 0 bridgehead atoms. The summed E-state index contributed by atoms with van der Waals surface area (Å²) >= 11 is 0. The standard InChI is InChI=1S/C23H26N2O2/c26-22(20-9-8-17-6-2-3-7-19(17)16-20)24-21-12-10-18(11-13-21)23(27)25-14-4-1-5-15-25/h8-13,16H,1-7,14-15H2,(H,24,26). The summed E-state index contributed by atoms with van der Waals surface area (Å²) in [6, 6.07) is 13.3. The van der Waals surface area contributed by atoms with E-state index in [0.29, 0.717) is 16.8 Å². The van der Waals surface area contributed by atoms with Crippen LogP contribution < -0.4 is 5.32 Å². The van der Waals surface area contributed by atoms with Crippen molar-refractivity contribution in [2.75, 3.05) is 18.4 Å². The van der Waals surface area contributed by atoms with Gasteiger partial charge in [0, 0.05) is 29.9 Å². The fraction of sp³-hybridized carbons (Fsp3) is 0.391. The van der Waals surface area contributed by atoms with Crippen LogP contribution in [0.25, 0.3) is 0 Å². The molecule has 1 saturated heterocycles. The minimum Gasteiger partial charge on any atom is -0.339 e. The lowest BCUT2D eigenvalue weighted by molar-refractivity contribution is 0.0724. The number of carbonyl (C=O) groups excluding carboxylic acids is 2. The molecule has 0 saturated carbocycles. The normalized spacial score (nSPS) is 16.5. The maximum Gasteiger partial charge on any atom is 0.255 e. The van der Waals surface area contributed by atoms with Gasteiger partial charge < -0.3 is 10.2 Å². The van der Waals surface area contributed by atoms with Crippen molar-refractivity contribution in [3.8, 4) is 0 Å². The largest absolute Gasteiger partial charge is 0.339 e. The number of nitrogens with one attached hydrogen (secondary N) is 1. The topological polar surface area (TPSA) is 49.4 Å². The maximum atomic E-state index is 12.6. The highest BCUT2D eigenvalue weighted by atomic mass is 16.2. The molecule has 4 rings (SSSR count). The van der Waals surface area contributed by atoms with Gasteiger partial charge in [0.25, 0.3) is 11.8 Å². The van der Waals surface area contributed by atoms with Crippen LogP contribution in [0.2, 0.25) is 0 Å². The number of hydrogen-bond donors (Lipinski definition) is 1. The summed E-state index contributed by atoms with van der Waals surface area (Å²) in [7, 11) is 0. The summed E-state index contributed by atoms with van der Waals surface area (Å²) in [5.41, 5.74) is 4.77. The summed E-state index contributed by atoms with van der Waals surface area (Å²) in [5, 5.41) is 2.95. The summed E-state index contributed by atoms with van der Waals surface area (Å²) in [6.45, 7) is 1.69. The molecule has 140 valence electrons. The van der Waals surface area contributed by atoms with Crippen molar-refractivity contribution < 1.29 is 9.59 Å². The lowest BCUT2D eigenvalue weighted by atomic mass is 9.90. The van der Waals surface area contributed by atoms with Crippen molar-refractivity contribution >= 4 is 17.5 Å². The third-order valence-corrected chi connectivity index (χ3v) is 5.64. The first-order chi connectivity index (χ1) is 13.2. The number of anilines is 1. The van der Waals surface area contributed by atoms with Crippen molar-refractivity contribution in [2.24, 2.45) is 0 Å². The summed E-state index contributed by atoms with van der Waals surface area (Å²) in [6.07, 6.45) is 7.98. The van der Waals surface area contributed by atoms with Gasteiger partial charge in [-0.3, -0.25) is 9.59 Å². The zero-order valence-electron chi connectivity index (χ0n) is 15.7.